The maximum absolute atomic E-state index is 9.79. The van der Waals surface area contributed by atoms with Crippen molar-refractivity contribution in [2.24, 2.45) is 10.2 Å². The van der Waals surface area contributed by atoms with Crippen LogP contribution in [-0.4, -0.2) is 325 Å². The number of hydrogen-bond acceptors (Lipinski definition) is 32. The number of terminal acetylenes is 2. The summed E-state index contributed by atoms with van der Waals surface area (Å²) in [6.07, 6.45) is 11.1. The fraction of sp³-hybridized carbons (Fsp3) is 0.728. The van der Waals surface area contributed by atoms with Crippen LogP contribution in [0.4, 0.5) is 0 Å². The molecule has 2 aromatic heterocycles. The molecule has 8 N–H and O–H groups in total. The normalized spacial score (nSPS) is 27.4. The van der Waals surface area contributed by atoms with Gasteiger partial charge in [-0.3, -0.25) is 32.9 Å². The van der Waals surface area contributed by atoms with Gasteiger partial charge in [0.25, 0.3) is 0 Å². The smallest absolute Gasteiger partial charge is 0.184 e. The number of nitriles is 2. The minimum Gasteiger partial charge on any atom is -0.457 e. The van der Waals surface area contributed by atoms with E-state index in [4.69, 9.17) is 78.4 Å². The predicted molar refractivity (Wildman–Crippen MR) is 464 cm³/mol. The first-order chi connectivity index (χ1) is 55.8. The van der Waals surface area contributed by atoms with Gasteiger partial charge in [0.05, 0.1) is 36.6 Å². The van der Waals surface area contributed by atoms with E-state index in [0.717, 1.165) is 63.0 Å². The Bertz CT molecular complexity index is 2630. The molecule has 0 unspecified atom stereocenters. The molecular weight excluding hydrogens is 2070 g/mol. The van der Waals surface area contributed by atoms with E-state index >= 15 is 0 Å². The zero-order valence-corrected chi connectivity index (χ0v) is 95.8. The number of rotatable bonds is 16. The Morgan fingerprint density at radius 2 is 0.696 bits per heavy atom. The number of nitrogens with zero attached hydrogens (tertiary/aromatic N) is 18. The van der Waals surface area contributed by atoms with Crippen molar-refractivity contribution < 1.29 is 284 Å². The van der Waals surface area contributed by atoms with E-state index in [1.807, 2.05) is 110 Å². The number of methoxy groups -OCH3 is 6. The van der Waals surface area contributed by atoms with Crippen LogP contribution >= 0.6 is 0 Å². The predicted octanol–water partition coefficient (Wildman–Crippen LogP) is 7.81. The van der Waals surface area contributed by atoms with E-state index in [0.29, 0.717) is 13.1 Å². The first-order valence-corrected chi connectivity index (χ1v) is 38.1. The fourth-order valence-corrected chi connectivity index (χ4v) is 10.9. The van der Waals surface area contributed by atoms with E-state index in [1.165, 1.54) is 40.6 Å². The first-order valence-electron chi connectivity index (χ1n) is 38.1. The number of hydrogen-bond donors (Lipinski definition) is 8. The molecule has 24 atom stereocenters. The number of aromatic nitrogens is 6. The largest absolute Gasteiger partial charge is 0.457 e. The van der Waals surface area contributed by atoms with Crippen LogP contribution in [-0.2, 0) is 266 Å². The molecule has 718 valence electrons. The Hall–Kier alpha value is -0.117. The van der Waals surface area contributed by atoms with E-state index in [1.54, 1.807) is 83.3 Å². The van der Waals surface area contributed by atoms with Gasteiger partial charge >= 0.3 is 0 Å². The van der Waals surface area contributed by atoms with Gasteiger partial charge in [0.15, 0.2) is 37.7 Å². The van der Waals surface area contributed by atoms with Crippen LogP contribution in [0.1, 0.15) is 140 Å². The van der Waals surface area contributed by atoms with E-state index in [-0.39, 0.29) is 277 Å². The Morgan fingerprint density at radius 1 is 0.480 bits per heavy atom. The SMILES string of the molecule is C.C#C[CH2-].C#C[CH2-].CCN=[N+]=[N-].CCN=[N+]=[N-].CN[C@H]1C[C@@H](C)O[C@@H](OC)[C@@H]1O.CN[C@H]1C[C@@H](C)O[C@@H](OC)[C@@H]1O.[CH2-]C.[CH2-]C.[CH2-]C#N.[CH2-]C#N.[CH2-]N(C)[C@H]1C[C@@H](C)O[C@@H](OC)[C@@H]1O.[CH2-]N(C)[C@H]1C[C@@H](C)O[C@@H](OC)[C@@H]1O.[CH2-]N(C)[C@H]1C[C@@H](C)O[C@@H](OC)[C@@H]1O.[CH2-]N(C)[C@H]1C[C@@H](C)O[C@@H](OC)[C@@H]1O.[CH2-]c1cn(CC)nn1.[CH2-]c1cnnn1CC.[Y].[Y].[Y].[Y].[Y].[Y]. The van der Waals surface area contributed by atoms with Crippen molar-refractivity contribution in [1.82, 2.24) is 60.2 Å². The Kier molecular flexibility index (Phi) is 133. The Labute approximate surface area is 906 Å². The molecule has 2 aromatic rings. The molecule has 0 aliphatic carbocycles. The van der Waals surface area contributed by atoms with Crippen LogP contribution < -0.4 is 10.6 Å². The average Bonchev–Trinajstić information content (AvgIpc) is 1.75. The first kappa shape index (κ1) is 159. The maximum Gasteiger partial charge on any atom is 0.184 e. The molecule has 44 heteroatoms. The van der Waals surface area contributed by atoms with Crippen LogP contribution in [0.3, 0.4) is 0 Å². The van der Waals surface area contributed by atoms with Gasteiger partial charge < -0.3 is 175 Å². The van der Waals surface area contributed by atoms with Crippen molar-refractivity contribution in [2.75, 3.05) is 98.0 Å². The number of ether oxygens (including phenoxy) is 12. The summed E-state index contributed by atoms with van der Waals surface area (Å²) in [6.45, 7) is 51.1. The average molecular weight is 2230 g/mol. The van der Waals surface area contributed by atoms with Crippen LogP contribution in [0, 0.1) is 131 Å². The van der Waals surface area contributed by atoms with Crippen LogP contribution in [0.2, 0.25) is 0 Å². The molecule has 0 spiro atoms. The molecule has 0 saturated carbocycles. The molecule has 0 amide bonds. The molecule has 8 heterocycles. The third-order valence-electron chi connectivity index (χ3n) is 16.5. The molecule has 0 bridgehead atoms. The molecular formula is C81H156N20O18Y6-12. The van der Waals surface area contributed by atoms with Crippen LogP contribution in [0.5, 0.6) is 0 Å². The quantitative estimate of drug-likeness (QED) is 0.0261. The molecule has 38 nitrogen and oxygen atoms in total. The summed E-state index contributed by atoms with van der Waals surface area (Å²) < 4.78 is 65.9. The Morgan fingerprint density at radius 3 is 0.816 bits per heavy atom. The summed E-state index contributed by atoms with van der Waals surface area (Å²) in [7, 11) is 35.4. The van der Waals surface area contributed by atoms with Gasteiger partial charge in [-0.25, -0.2) is 29.5 Å². The van der Waals surface area contributed by atoms with Gasteiger partial charge in [0.1, 0.15) is 36.6 Å². The summed E-state index contributed by atoms with van der Waals surface area (Å²) in [5.74, 6) is 4.00. The standard InChI is InChI=1S/4C9H18NO3.2C8H17NO3.2C5H8N3.2C3H3.2C2H5N3.2C2H2N.2C2H5.CH4.6Y/c4*1-6-5-7(10(2)3)8(11)9(12-4)13-6;2*1-5-4-6(9-2)7(10)8(11-3)12-5;1-3-8-4-5(2)6-7-8;1-3-8-5(2)4-6-7-8;2*1-3-2;2*1-2-4-5-3;2*1-2-3;2*1-2;;;;;;;/h4*6-9,11H,2,5H2,1,3-4H3;2*5-10H,4H2,1-3H3;2*4H,2-3H2,1H3;2*1H,2H2;2*2H2,1H3;2*1H2;2*1H2,2H3;1H4;;;;;;/q4*-1;;;4*-1;;;4*-1;;;;;;;/t4*6-,7+,8-,9-;2*5-,6+,7-,8-;;;;;;;;;;;;;;;;;/m111111................./s1. The number of nitrogens with one attached hydrogen (secondary N) is 2. The number of aryl methyl sites for hydroxylation is 2. The molecule has 6 fully saturated rings. The van der Waals surface area contributed by atoms with Crippen molar-refractivity contribution in [2.45, 2.75) is 289 Å². The third kappa shape index (κ3) is 76.7. The zero-order valence-electron chi connectivity index (χ0n) is 78.8. The summed E-state index contributed by atoms with van der Waals surface area (Å²) in [5.41, 5.74) is 16.6. The van der Waals surface area contributed by atoms with E-state index < -0.39 is 74.4 Å². The van der Waals surface area contributed by atoms with Crippen molar-refractivity contribution in [1.29, 1.82) is 10.5 Å². The van der Waals surface area contributed by atoms with Crippen molar-refractivity contribution in [3.8, 4) is 36.8 Å². The van der Waals surface area contributed by atoms with Crippen molar-refractivity contribution in [3.63, 3.8) is 0 Å². The number of aliphatic hydroxyl groups excluding tert-OH is 6. The zero-order chi connectivity index (χ0) is 93.3. The van der Waals surface area contributed by atoms with Gasteiger partial charge in [0.2, 0.25) is 0 Å². The second-order valence-electron chi connectivity index (χ2n) is 25.7. The minimum absolute atomic E-state index is 0. The maximum atomic E-state index is 9.79. The topological polar surface area (TPSA) is 476 Å². The van der Waals surface area contributed by atoms with Crippen LogP contribution in [0.15, 0.2) is 22.6 Å². The second-order valence-corrected chi connectivity index (χ2v) is 25.7. The Balaban J connectivity index is -0.0000000814. The minimum atomic E-state index is -0.622. The number of azide groups is 2. The van der Waals surface area contributed by atoms with Gasteiger partial charge in [0, 0.05) is 311 Å². The second kappa shape index (κ2) is 104. The van der Waals surface area contributed by atoms with Gasteiger partial charge in [-0.05, 0) is 147 Å². The third-order valence-corrected chi connectivity index (χ3v) is 16.5. The number of likely N-dealkylation sites (N-methyl/N-ethyl adjacent to an activating group) is 6. The molecule has 6 aliphatic rings. The molecule has 6 saturated heterocycles. The summed E-state index contributed by atoms with van der Waals surface area (Å²) in [6, 6.07) is 3.17. The molecule has 6 radical (unpaired) electrons. The van der Waals surface area contributed by atoms with Crippen LogP contribution in [0.25, 0.3) is 20.9 Å². The van der Waals surface area contributed by atoms with Crippen molar-refractivity contribution in [3.05, 3.63) is 128 Å². The molecule has 8 rings (SSSR count). The van der Waals surface area contributed by atoms with Crippen molar-refractivity contribution >= 4 is 0 Å². The summed E-state index contributed by atoms with van der Waals surface area (Å²) in [4.78, 5) is 12.0. The molecule has 125 heavy (non-hydrogen) atoms. The molecule has 0 aromatic carbocycles. The van der Waals surface area contributed by atoms with Gasteiger partial charge in [-0.1, -0.05) is 65.7 Å². The summed E-state index contributed by atoms with van der Waals surface area (Å²) in [5, 5.41) is 100. The van der Waals surface area contributed by atoms with E-state index in [2.05, 4.69) is 148 Å². The van der Waals surface area contributed by atoms with Gasteiger partial charge in [-0.15, -0.1) is 12.1 Å². The van der Waals surface area contributed by atoms with Gasteiger partial charge in [-0.2, -0.15) is 32.8 Å². The van der Waals surface area contributed by atoms with E-state index in [9.17, 15) is 30.6 Å². The monoisotopic (exact) mass is 2230 g/mol. The summed E-state index contributed by atoms with van der Waals surface area (Å²) >= 11 is 0. The fourth-order valence-electron chi connectivity index (χ4n) is 10.9. The number of aliphatic hydroxyl groups is 6. The molecule has 6 aliphatic heterocycles.